The van der Waals surface area contributed by atoms with Crippen molar-refractivity contribution in [3.05, 3.63) is 24.3 Å². The lowest BCUT2D eigenvalue weighted by molar-refractivity contribution is 0.949. The van der Waals surface area contributed by atoms with Crippen molar-refractivity contribution in [1.82, 2.24) is 0 Å². The van der Waals surface area contributed by atoms with Gasteiger partial charge in [0.2, 0.25) is 0 Å². The van der Waals surface area contributed by atoms with Gasteiger partial charge >= 0.3 is 0 Å². The highest BCUT2D eigenvalue weighted by Gasteiger charge is 2.11. The molecule has 84 valence electrons. The van der Waals surface area contributed by atoms with Gasteiger partial charge in [-0.15, -0.1) is 0 Å². The number of hydrogen-bond acceptors (Lipinski definition) is 3. The summed E-state index contributed by atoms with van der Waals surface area (Å²) < 4.78 is 0. The first-order valence-corrected chi connectivity index (χ1v) is 5.81. The minimum absolute atomic E-state index is 0.141. The molecule has 0 bridgehead atoms. The van der Waals surface area contributed by atoms with Crippen molar-refractivity contribution in [3.8, 4) is 6.07 Å². The second-order valence-corrected chi connectivity index (χ2v) is 4.24. The van der Waals surface area contributed by atoms with Crippen LogP contribution in [-0.4, -0.2) is 19.1 Å². The molecule has 1 aliphatic heterocycles. The highest BCUT2D eigenvalue weighted by Crippen LogP contribution is 2.22. The van der Waals surface area contributed by atoms with Crippen LogP contribution in [-0.2, 0) is 0 Å². The fourth-order valence-electron chi connectivity index (χ4n) is 2.03. The summed E-state index contributed by atoms with van der Waals surface area (Å²) in [6, 6.07) is 10.4. The van der Waals surface area contributed by atoms with E-state index in [1.807, 2.05) is 19.1 Å². The Kier molecular flexibility index (Phi) is 3.31. The van der Waals surface area contributed by atoms with Crippen LogP contribution in [0.2, 0.25) is 0 Å². The molecule has 3 heteroatoms. The van der Waals surface area contributed by atoms with Crippen molar-refractivity contribution < 1.29 is 0 Å². The van der Waals surface area contributed by atoms with E-state index in [1.54, 1.807) is 0 Å². The average Bonchev–Trinajstić information content (AvgIpc) is 2.83. The number of benzene rings is 1. The van der Waals surface area contributed by atoms with Gasteiger partial charge in [0.05, 0.1) is 6.07 Å². The van der Waals surface area contributed by atoms with Crippen LogP contribution in [0.4, 0.5) is 11.4 Å². The summed E-state index contributed by atoms with van der Waals surface area (Å²) in [5.41, 5.74) is 2.30. The smallest absolute Gasteiger partial charge is 0.111 e. The Morgan fingerprint density at radius 2 is 1.88 bits per heavy atom. The van der Waals surface area contributed by atoms with Gasteiger partial charge in [-0.2, -0.15) is 5.26 Å². The Labute approximate surface area is 96.7 Å². The van der Waals surface area contributed by atoms with Crippen LogP contribution >= 0.6 is 0 Å². The molecule has 0 spiro atoms. The van der Waals surface area contributed by atoms with Crippen LogP contribution in [0.25, 0.3) is 0 Å². The first kappa shape index (κ1) is 10.8. The maximum Gasteiger partial charge on any atom is 0.111 e. The summed E-state index contributed by atoms with van der Waals surface area (Å²) in [6.45, 7) is 4.19. The van der Waals surface area contributed by atoms with Gasteiger partial charge in [0.15, 0.2) is 0 Å². The van der Waals surface area contributed by atoms with Gasteiger partial charge in [-0.05, 0) is 44.0 Å². The second kappa shape index (κ2) is 4.89. The Morgan fingerprint density at radius 3 is 2.44 bits per heavy atom. The Bertz CT molecular complexity index is 371. The fourth-order valence-corrected chi connectivity index (χ4v) is 2.03. The maximum atomic E-state index is 8.70. The zero-order valence-electron chi connectivity index (χ0n) is 9.61. The Morgan fingerprint density at radius 1 is 1.25 bits per heavy atom. The number of anilines is 2. The largest absolute Gasteiger partial charge is 0.372 e. The van der Waals surface area contributed by atoms with Crippen molar-refractivity contribution in [2.75, 3.05) is 23.3 Å². The van der Waals surface area contributed by atoms with E-state index in [9.17, 15) is 0 Å². The van der Waals surface area contributed by atoms with Crippen molar-refractivity contribution in [1.29, 1.82) is 5.26 Å². The molecule has 0 saturated carbocycles. The first-order chi connectivity index (χ1) is 7.79. The summed E-state index contributed by atoms with van der Waals surface area (Å²) in [6.07, 6.45) is 2.59. The van der Waals surface area contributed by atoms with Gasteiger partial charge in [0, 0.05) is 24.5 Å². The maximum absolute atomic E-state index is 8.70. The van der Waals surface area contributed by atoms with Gasteiger partial charge in [0.1, 0.15) is 6.04 Å². The SMILES string of the molecule is CC(C#N)Nc1ccc(N2CCCC2)cc1. The minimum Gasteiger partial charge on any atom is -0.372 e. The van der Waals surface area contributed by atoms with Gasteiger partial charge in [0.25, 0.3) is 0 Å². The van der Waals surface area contributed by atoms with Gasteiger partial charge in [-0.1, -0.05) is 0 Å². The molecule has 0 aromatic heterocycles. The summed E-state index contributed by atoms with van der Waals surface area (Å²) in [4.78, 5) is 2.40. The third-order valence-corrected chi connectivity index (χ3v) is 2.92. The molecule has 0 amide bonds. The predicted molar refractivity (Wildman–Crippen MR) is 66.6 cm³/mol. The van der Waals surface area contributed by atoms with E-state index in [1.165, 1.54) is 31.6 Å². The van der Waals surface area contributed by atoms with Gasteiger partial charge in [-0.3, -0.25) is 0 Å². The van der Waals surface area contributed by atoms with Crippen LogP contribution < -0.4 is 10.2 Å². The van der Waals surface area contributed by atoms with Gasteiger partial charge in [-0.25, -0.2) is 0 Å². The standard InChI is InChI=1S/C13H17N3/c1-11(10-14)15-12-4-6-13(7-5-12)16-8-2-3-9-16/h4-7,11,15H,2-3,8-9H2,1H3. The van der Waals surface area contributed by atoms with Crippen LogP contribution in [0.5, 0.6) is 0 Å². The van der Waals surface area contributed by atoms with E-state index in [0.717, 1.165) is 5.69 Å². The molecule has 3 nitrogen and oxygen atoms in total. The normalized spacial score (nSPS) is 16.9. The first-order valence-electron chi connectivity index (χ1n) is 5.81. The number of hydrogen-bond donors (Lipinski definition) is 1. The summed E-state index contributed by atoms with van der Waals surface area (Å²) in [5, 5.41) is 11.8. The summed E-state index contributed by atoms with van der Waals surface area (Å²) in [5.74, 6) is 0. The highest BCUT2D eigenvalue weighted by atomic mass is 15.1. The monoisotopic (exact) mass is 215 g/mol. The fraction of sp³-hybridized carbons (Fsp3) is 0.462. The van der Waals surface area contributed by atoms with Crippen LogP contribution in [0, 0.1) is 11.3 Å². The number of nitriles is 1. The van der Waals surface area contributed by atoms with Crippen molar-refractivity contribution in [2.24, 2.45) is 0 Å². The van der Waals surface area contributed by atoms with Crippen LogP contribution in [0.1, 0.15) is 19.8 Å². The Hall–Kier alpha value is -1.69. The summed E-state index contributed by atoms with van der Waals surface area (Å²) in [7, 11) is 0. The molecular weight excluding hydrogens is 198 g/mol. The van der Waals surface area contributed by atoms with Gasteiger partial charge < -0.3 is 10.2 Å². The third-order valence-electron chi connectivity index (χ3n) is 2.92. The van der Waals surface area contributed by atoms with E-state index in [-0.39, 0.29) is 6.04 Å². The molecular formula is C13H17N3. The molecule has 1 N–H and O–H groups in total. The number of nitrogens with zero attached hydrogens (tertiary/aromatic N) is 2. The lowest BCUT2D eigenvalue weighted by atomic mass is 10.2. The lowest BCUT2D eigenvalue weighted by Gasteiger charge is -2.18. The molecule has 1 atom stereocenters. The molecule has 1 unspecified atom stereocenters. The van der Waals surface area contributed by atoms with Crippen LogP contribution in [0.3, 0.4) is 0 Å². The molecule has 1 fully saturated rings. The molecule has 1 aromatic carbocycles. The number of nitrogens with one attached hydrogen (secondary N) is 1. The van der Waals surface area contributed by atoms with Crippen molar-refractivity contribution in [3.63, 3.8) is 0 Å². The molecule has 1 aliphatic rings. The molecule has 1 heterocycles. The van der Waals surface area contributed by atoms with E-state index in [4.69, 9.17) is 5.26 Å². The number of rotatable bonds is 3. The molecule has 1 saturated heterocycles. The lowest BCUT2D eigenvalue weighted by Crippen LogP contribution is -2.17. The molecule has 0 radical (unpaired) electrons. The molecule has 16 heavy (non-hydrogen) atoms. The Balaban J connectivity index is 2.01. The second-order valence-electron chi connectivity index (χ2n) is 4.24. The average molecular weight is 215 g/mol. The van der Waals surface area contributed by atoms with E-state index >= 15 is 0 Å². The molecule has 2 rings (SSSR count). The zero-order valence-corrected chi connectivity index (χ0v) is 9.61. The zero-order chi connectivity index (χ0) is 11.4. The van der Waals surface area contributed by atoms with E-state index in [0.29, 0.717) is 0 Å². The third kappa shape index (κ3) is 2.46. The van der Waals surface area contributed by atoms with E-state index in [2.05, 4.69) is 28.4 Å². The highest BCUT2D eigenvalue weighted by molar-refractivity contribution is 5.56. The quantitative estimate of drug-likeness (QED) is 0.842. The van der Waals surface area contributed by atoms with Crippen molar-refractivity contribution in [2.45, 2.75) is 25.8 Å². The summed E-state index contributed by atoms with van der Waals surface area (Å²) >= 11 is 0. The molecule has 1 aromatic rings. The molecule has 0 aliphatic carbocycles. The van der Waals surface area contributed by atoms with Crippen molar-refractivity contribution >= 4 is 11.4 Å². The van der Waals surface area contributed by atoms with E-state index < -0.39 is 0 Å². The minimum atomic E-state index is -0.141. The predicted octanol–water partition coefficient (Wildman–Crippen LogP) is 2.61. The van der Waals surface area contributed by atoms with Crippen LogP contribution in [0.15, 0.2) is 24.3 Å². The topological polar surface area (TPSA) is 39.1 Å².